The third-order valence-electron chi connectivity index (χ3n) is 10.5. The van der Waals surface area contributed by atoms with E-state index in [4.69, 9.17) is 0 Å². The smallest absolute Gasteiger partial charge is 0.193 e. The minimum absolute atomic E-state index is 0.0206. The van der Waals surface area contributed by atoms with Crippen molar-refractivity contribution in [3.63, 3.8) is 0 Å². The highest BCUT2D eigenvalue weighted by Crippen LogP contribution is 2.38. The largest absolute Gasteiger partial charge is 0.289 e. The summed E-state index contributed by atoms with van der Waals surface area (Å²) in [6.07, 6.45) is 0. The predicted octanol–water partition coefficient (Wildman–Crippen LogP) is 12.0. The molecule has 0 atom stereocenters. The summed E-state index contributed by atoms with van der Waals surface area (Å²) in [6.45, 7) is 0. The van der Waals surface area contributed by atoms with Crippen LogP contribution in [-0.2, 0) is 0 Å². The second-order valence-electron chi connectivity index (χ2n) is 13.7. The minimum atomic E-state index is 0.0206. The molecule has 0 bridgehead atoms. The zero-order chi connectivity index (χ0) is 36.2. The van der Waals surface area contributed by atoms with Crippen molar-refractivity contribution in [2.45, 2.75) is 0 Å². The Morgan fingerprint density at radius 3 is 1.00 bits per heavy atom. The van der Waals surface area contributed by atoms with Crippen LogP contribution in [0.1, 0.15) is 31.8 Å². The van der Waals surface area contributed by atoms with Crippen LogP contribution in [0.4, 0.5) is 0 Å². The predicted molar refractivity (Wildman–Crippen MR) is 220 cm³/mol. The van der Waals surface area contributed by atoms with Gasteiger partial charge < -0.3 is 0 Å². The van der Waals surface area contributed by atoms with Gasteiger partial charge in [-0.2, -0.15) is 0 Å². The highest BCUT2D eigenvalue weighted by molar-refractivity contribution is 6.14. The second kappa shape index (κ2) is 12.7. The highest BCUT2D eigenvalue weighted by atomic mass is 16.1. The van der Waals surface area contributed by atoms with Crippen molar-refractivity contribution < 1.29 is 9.59 Å². The molecule has 2 aromatic heterocycles. The van der Waals surface area contributed by atoms with Gasteiger partial charge in [-0.25, -0.2) is 9.35 Å². The van der Waals surface area contributed by atoms with Crippen LogP contribution in [0.3, 0.4) is 0 Å². The molecule has 8 aromatic carbocycles. The zero-order valence-electron chi connectivity index (χ0n) is 29.2. The molecule has 0 radical (unpaired) electrons. The van der Waals surface area contributed by atoms with Gasteiger partial charge in [-0.1, -0.05) is 158 Å². The molecular weight excluding hydrogens is 661 g/mol. The molecule has 4 nitrogen and oxygen atoms in total. The average molecular weight is 693 g/mol. The van der Waals surface area contributed by atoms with E-state index in [9.17, 15) is 9.59 Å². The zero-order valence-corrected chi connectivity index (χ0v) is 29.2. The second-order valence-corrected chi connectivity index (χ2v) is 13.7. The Morgan fingerprint density at radius 2 is 0.593 bits per heavy atom. The van der Waals surface area contributed by atoms with Gasteiger partial charge in [0.05, 0.1) is 22.1 Å². The molecule has 0 unspecified atom stereocenters. The fourth-order valence-corrected chi connectivity index (χ4v) is 7.84. The first kappa shape index (κ1) is 31.4. The molecule has 254 valence electrons. The van der Waals surface area contributed by atoms with E-state index in [0.717, 1.165) is 65.9 Å². The summed E-state index contributed by atoms with van der Waals surface area (Å²) < 4.78 is 4.68. The lowest BCUT2D eigenvalue weighted by Gasteiger charge is -2.13. The molecule has 0 fully saturated rings. The molecule has 4 heteroatoms. The van der Waals surface area contributed by atoms with Crippen LogP contribution in [0.2, 0.25) is 0 Å². The SMILES string of the molecule is O=C(c1ccccc1)c1ccc(-c2ccc3c(c2)c2ccccc2n3-n2c3ccccc3c3cc(-c4ccc(C(=O)c5ccccc5)cc4)ccc32)cc1. The number of benzene rings is 8. The maximum absolute atomic E-state index is 13.1. The van der Waals surface area contributed by atoms with Gasteiger partial charge in [0.15, 0.2) is 11.6 Å². The lowest BCUT2D eigenvalue weighted by atomic mass is 9.98. The summed E-state index contributed by atoms with van der Waals surface area (Å²) >= 11 is 0. The van der Waals surface area contributed by atoms with Gasteiger partial charge in [-0.15, -0.1) is 0 Å². The van der Waals surface area contributed by atoms with Crippen LogP contribution in [0.15, 0.2) is 194 Å². The van der Waals surface area contributed by atoms with Crippen molar-refractivity contribution in [3.05, 3.63) is 216 Å². The Bertz CT molecular complexity index is 2830. The van der Waals surface area contributed by atoms with Crippen molar-refractivity contribution >= 4 is 55.2 Å². The fraction of sp³-hybridized carbons (Fsp3) is 0. The van der Waals surface area contributed by atoms with E-state index < -0.39 is 0 Å². The quantitative estimate of drug-likeness (QED) is 0.156. The Balaban J connectivity index is 1.07. The third kappa shape index (κ3) is 5.15. The topological polar surface area (TPSA) is 44.0 Å². The first-order valence-corrected chi connectivity index (χ1v) is 18.1. The normalized spacial score (nSPS) is 11.5. The van der Waals surface area contributed by atoms with Gasteiger partial charge in [0.25, 0.3) is 0 Å². The molecule has 10 rings (SSSR count). The molecule has 0 aliphatic carbocycles. The number of hydrogen-bond acceptors (Lipinski definition) is 2. The Hall–Kier alpha value is -7.30. The molecule has 0 saturated carbocycles. The van der Waals surface area contributed by atoms with Gasteiger partial charge in [0.1, 0.15) is 0 Å². The Kier molecular flexibility index (Phi) is 7.41. The van der Waals surface area contributed by atoms with Crippen molar-refractivity contribution in [1.29, 1.82) is 0 Å². The molecule has 0 aliphatic rings. The van der Waals surface area contributed by atoms with E-state index in [0.29, 0.717) is 22.3 Å². The summed E-state index contributed by atoms with van der Waals surface area (Å²) in [4.78, 5) is 26.1. The molecule has 0 saturated heterocycles. The van der Waals surface area contributed by atoms with Crippen LogP contribution in [0.25, 0.3) is 65.9 Å². The van der Waals surface area contributed by atoms with E-state index in [1.807, 2.05) is 109 Å². The van der Waals surface area contributed by atoms with Crippen molar-refractivity contribution in [3.8, 4) is 22.3 Å². The third-order valence-corrected chi connectivity index (χ3v) is 10.5. The molecule has 10 aromatic rings. The van der Waals surface area contributed by atoms with Crippen LogP contribution in [0, 0.1) is 0 Å². The number of para-hydroxylation sites is 2. The van der Waals surface area contributed by atoms with Crippen LogP contribution < -0.4 is 0 Å². The van der Waals surface area contributed by atoms with E-state index in [-0.39, 0.29) is 11.6 Å². The highest BCUT2D eigenvalue weighted by Gasteiger charge is 2.19. The molecule has 54 heavy (non-hydrogen) atoms. The lowest BCUT2D eigenvalue weighted by molar-refractivity contribution is 0.103. The number of hydrogen-bond donors (Lipinski definition) is 0. The van der Waals surface area contributed by atoms with Gasteiger partial charge in [-0.05, 0) is 58.7 Å². The number of nitrogens with zero attached hydrogens (tertiary/aromatic N) is 2. The van der Waals surface area contributed by atoms with Gasteiger partial charge in [0, 0.05) is 43.8 Å². The maximum Gasteiger partial charge on any atom is 0.193 e. The number of fused-ring (bicyclic) bond motifs is 6. The van der Waals surface area contributed by atoms with Gasteiger partial charge >= 0.3 is 0 Å². The molecule has 0 amide bonds. The summed E-state index contributed by atoms with van der Waals surface area (Å²) in [5, 5.41) is 4.64. The fourth-order valence-electron chi connectivity index (χ4n) is 7.84. The van der Waals surface area contributed by atoms with Crippen molar-refractivity contribution in [2.24, 2.45) is 0 Å². The Morgan fingerprint density at radius 1 is 0.278 bits per heavy atom. The molecule has 0 aliphatic heterocycles. The summed E-state index contributed by atoms with van der Waals surface area (Å²) in [6, 6.07) is 65.1. The number of rotatable bonds is 7. The lowest BCUT2D eigenvalue weighted by Crippen LogP contribution is -2.08. The van der Waals surface area contributed by atoms with Gasteiger partial charge in [0.2, 0.25) is 0 Å². The molecule has 0 spiro atoms. The van der Waals surface area contributed by atoms with E-state index in [1.54, 1.807) is 0 Å². The first-order valence-electron chi connectivity index (χ1n) is 18.1. The summed E-state index contributed by atoms with van der Waals surface area (Å²) in [5.41, 5.74) is 11.4. The van der Waals surface area contributed by atoms with Crippen LogP contribution in [-0.4, -0.2) is 20.9 Å². The molecule has 0 N–H and O–H groups in total. The van der Waals surface area contributed by atoms with Crippen LogP contribution in [0.5, 0.6) is 0 Å². The maximum atomic E-state index is 13.1. The van der Waals surface area contributed by atoms with E-state index >= 15 is 0 Å². The number of carbonyl (C=O) groups is 2. The minimum Gasteiger partial charge on any atom is -0.289 e. The van der Waals surface area contributed by atoms with Gasteiger partial charge in [-0.3, -0.25) is 9.59 Å². The first-order chi connectivity index (χ1) is 26.6. The Labute approximate surface area is 311 Å². The summed E-state index contributed by atoms with van der Waals surface area (Å²) in [5.74, 6) is 0.0411. The number of ketones is 2. The van der Waals surface area contributed by atoms with Crippen LogP contribution >= 0.6 is 0 Å². The molecular formula is C50H32N2O2. The standard InChI is InChI=1S/C50H32N2O2/c53-49(35-11-3-1-4-12-35)37-23-19-33(20-24-37)39-27-29-47-43(31-39)41-15-7-9-17-45(41)51(47)52-46-18-10-8-16-42(46)44-32-40(28-30-48(44)52)34-21-25-38(26-22-34)50(54)36-13-5-2-6-14-36/h1-32H. The van der Waals surface area contributed by atoms with Crippen molar-refractivity contribution in [1.82, 2.24) is 9.35 Å². The van der Waals surface area contributed by atoms with Crippen molar-refractivity contribution in [2.75, 3.05) is 0 Å². The summed E-state index contributed by atoms with van der Waals surface area (Å²) in [7, 11) is 0. The average Bonchev–Trinajstić information content (AvgIpc) is 3.75. The number of aromatic nitrogens is 2. The molecule has 2 heterocycles. The van der Waals surface area contributed by atoms with E-state index in [2.05, 4.69) is 94.3 Å². The monoisotopic (exact) mass is 692 g/mol. The number of carbonyl (C=O) groups excluding carboxylic acids is 2. The van der Waals surface area contributed by atoms with E-state index in [1.165, 1.54) is 0 Å².